The average molecular weight is 620 g/mol. The molecule has 0 saturated carbocycles. The number of thioether (sulfide) groups is 2. The number of anilines is 2. The molecule has 4 aromatic rings. The summed E-state index contributed by atoms with van der Waals surface area (Å²) in [4.78, 5) is 30.6. The zero-order valence-electron chi connectivity index (χ0n) is 24.6. The van der Waals surface area contributed by atoms with Crippen molar-refractivity contribution in [2.24, 2.45) is 4.99 Å². The third-order valence-corrected chi connectivity index (χ3v) is 9.62. The molecular weight excluding hydrogens is 587 g/mol. The van der Waals surface area contributed by atoms with E-state index < -0.39 is 0 Å². The fraction of sp³-hybridized carbons (Fsp3) is 0.143. The van der Waals surface area contributed by atoms with Gasteiger partial charge in [0, 0.05) is 24.1 Å². The van der Waals surface area contributed by atoms with E-state index in [0.29, 0.717) is 34.6 Å². The lowest BCUT2D eigenvalue weighted by molar-refractivity contribution is -0.122. The van der Waals surface area contributed by atoms with Crippen LogP contribution in [0.4, 0.5) is 17.1 Å². The van der Waals surface area contributed by atoms with Gasteiger partial charge in [-0.15, -0.1) is 0 Å². The lowest BCUT2D eigenvalue weighted by Crippen LogP contribution is -2.29. The van der Waals surface area contributed by atoms with Crippen LogP contribution in [0.5, 0.6) is 0 Å². The van der Waals surface area contributed by atoms with Crippen molar-refractivity contribution in [1.82, 2.24) is 10.4 Å². The van der Waals surface area contributed by atoms with Gasteiger partial charge in [0.2, 0.25) is 0 Å². The Morgan fingerprint density at radius 2 is 1.61 bits per heavy atom. The first kappa shape index (κ1) is 29.6. The molecule has 44 heavy (non-hydrogen) atoms. The van der Waals surface area contributed by atoms with Gasteiger partial charge in [-0.3, -0.25) is 20.0 Å². The normalized spacial score (nSPS) is 16.9. The number of hydrogen-bond acceptors (Lipinski definition) is 8. The van der Waals surface area contributed by atoms with Crippen LogP contribution in [0, 0.1) is 0 Å². The Bertz CT molecular complexity index is 1740. The Kier molecular flexibility index (Phi) is 9.07. The summed E-state index contributed by atoms with van der Waals surface area (Å²) < 4.78 is 0. The zero-order valence-corrected chi connectivity index (χ0v) is 26.3. The summed E-state index contributed by atoms with van der Waals surface area (Å²) >= 11 is 3.04. The van der Waals surface area contributed by atoms with Crippen molar-refractivity contribution < 1.29 is 9.63 Å². The van der Waals surface area contributed by atoms with Gasteiger partial charge >= 0.3 is 0 Å². The Morgan fingerprint density at radius 1 is 0.909 bits per heavy atom. The summed E-state index contributed by atoms with van der Waals surface area (Å²) in [6.45, 7) is 7.79. The molecule has 1 saturated heterocycles. The van der Waals surface area contributed by atoms with Crippen molar-refractivity contribution in [3.63, 3.8) is 0 Å². The zero-order chi connectivity index (χ0) is 30.5. The highest BCUT2D eigenvalue weighted by Gasteiger charge is 2.39. The molecule has 2 N–H and O–H groups in total. The number of benzene rings is 4. The van der Waals surface area contributed by atoms with Crippen molar-refractivity contribution >= 4 is 57.4 Å². The molecule has 0 bridgehead atoms. The molecule has 0 aromatic heterocycles. The Morgan fingerprint density at radius 3 is 2.34 bits per heavy atom. The topological polar surface area (TPSA) is 69.2 Å². The predicted octanol–water partition coefficient (Wildman–Crippen LogP) is 7.98. The van der Waals surface area contributed by atoms with E-state index in [-0.39, 0.29) is 5.91 Å². The third kappa shape index (κ3) is 6.40. The van der Waals surface area contributed by atoms with E-state index in [1.165, 1.54) is 11.8 Å². The van der Waals surface area contributed by atoms with Crippen molar-refractivity contribution in [3.8, 4) is 0 Å². The first-order valence-electron chi connectivity index (χ1n) is 14.4. The van der Waals surface area contributed by atoms with Gasteiger partial charge in [0.25, 0.3) is 5.91 Å². The van der Waals surface area contributed by atoms with Crippen LogP contribution in [0.15, 0.2) is 130 Å². The fourth-order valence-electron chi connectivity index (χ4n) is 4.92. The largest absolute Gasteiger partial charge is 0.384 e. The first-order valence-corrected chi connectivity index (χ1v) is 16.0. The molecule has 9 heteroatoms. The molecule has 2 aliphatic heterocycles. The molecule has 0 aliphatic carbocycles. The molecule has 1 fully saturated rings. The standard InChI is InChI=1S/C35H33N5O2S2/c1-4-36-28-20-19-27(24(2)38-42-23-26-15-9-6-10-16-26)21-29(28)37-35-40(22-25-13-7-5-8-14-25)33(41)32(44-35)34-39(3)30-17-11-12-18-31(30)43-34/h5-21,36,38H,2,4,22-23H2,1,3H3. The number of rotatable bonds is 10. The minimum atomic E-state index is -0.0543. The summed E-state index contributed by atoms with van der Waals surface area (Å²) in [6, 6.07) is 34.1. The SMILES string of the molecule is C=C(NOCc1ccccc1)c1ccc(NCC)c(N=C2SC(=C3Sc4ccccc4N3C)C(=O)N2Cc2ccccc2)c1. The van der Waals surface area contributed by atoms with Crippen LogP contribution in [0.1, 0.15) is 23.6 Å². The molecule has 1 amide bonds. The summed E-state index contributed by atoms with van der Waals surface area (Å²) in [5.74, 6) is -0.0543. The Balaban J connectivity index is 1.33. The highest BCUT2D eigenvalue weighted by atomic mass is 32.2. The number of aliphatic imine (C=N–C) groups is 1. The van der Waals surface area contributed by atoms with Crippen LogP contribution in [-0.2, 0) is 22.8 Å². The summed E-state index contributed by atoms with van der Waals surface area (Å²) in [5, 5.41) is 4.96. The van der Waals surface area contributed by atoms with Gasteiger partial charge in [-0.1, -0.05) is 97.2 Å². The highest BCUT2D eigenvalue weighted by Crippen LogP contribution is 2.50. The minimum absolute atomic E-state index is 0.0543. The fourth-order valence-corrected chi connectivity index (χ4v) is 7.25. The molecule has 222 valence electrons. The summed E-state index contributed by atoms with van der Waals surface area (Å²) in [7, 11) is 2.01. The molecule has 6 rings (SSSR count). The van der Waals surface area contributed by atoms with Crippen molar-refractivity contribution in [1.29, 1.82) is 0 Å². The van der Waals surface area contributed by atoms with Gasteiger partial charge in [0.1, 0.15) is 4.91 Å². The summed E-state index contributed by atoms with van der Waals surface area (Å²) in [5.41, 5.74) is 9.20. The van der Waals surface area contributed by atoms with E-state index in [2.05, 4.69) is 34.4 Å². The molecule has 4 aromatic carbocycles. The second-order valence-electron chi connectivity index (χ2n) is 10.3. The van der Waals surface area contributed by atoms with Crippen LogP contribution in [-0.4, -0.2) is 29.6 Å². The lowest BCUT2D eigenvalue weighted by Gasteiger charge is -2.18. The van der Waals surface area contributed by atoms with Crippen LogP contribution in [0.2, 0.25) is 0 Å². The van der Waals surface area contributed by atoms with Gasteiger partial charge < -0.3 is 10.2 Å². The van der Waals surface area contributed by atoms with Gasteiger partial charge in [-0.05, 0) is 54.1 Å². The monoisotopic (exact) mass is 619 g/mol. The third-order valence-electron chi connectivity index (χ3n) is 7.19. The number of nitrogens with one attached hydrogen (secondary N) is 2. The Hall–Kier alpha value is -4.44. The number of para-hydroxylation sites is 1. The van der Waals surface area contributed by atoms with Crippen LogP contribution in [0.3, 0.4) is 0 Å². The maximum Gasteiger partial charge on any atom is 0.269 e. The van der Waals surface area contributed by atoms with Gasteiger partial charge in [-0.25, -0.2) is 4.99 Å². The smallest absolute Gasteiger partial charge is 0.269 e. The van der Waals surface area contributed by atoms with Crippen molar-refractivity contribution in [2.75, 3.05) is 23.8 Å². The number of amidine groups is 1. The number of hydroxylamine groups is 1. The molecule has 2 aliphatic rings. The average Bonchev–Trinajstić information content (AvgIpc) is 3.54. The van der Waals surface area contributed by atoms with Gasteiger partial charge in [0.15, 0.2) is 5.17 Å². The number of amides is 1. The van der Waals surface area contributed by atoms with Crippen LogP contribution < -0.4 is 15.7 Å². The molecule has 2 heterocycles. The first-order chi connectivity index (χ1) is 21.5. The predicted molar refractivity (Wildman–Crippen MR) is 183 cm³/mol. The van der Waals surface area contributed by atoms with Gasteiger partial charge in [-0.2, -0.15) is 0 Å². The van der Waals surface area contributed by atoms with E-state index in [1.54, 1.807) is 16.7 Å². The molecule has 0 spiro atoms. The number of carbonyl (C=O) groups excluding carboxylic acids is 1. The number of hydrogen-bond donors (Lipinski definition) is 2. The number of fused-ring (bicyclic) bond motifs is 1. The van der Waals surface area contributed by atoms with Gasteiger partial charge in [0.05, 0.1) is 40.9 Å². The van der Waals surface area contributed by atoms with E-state index >= 15 is 0 Å². The maximum atomic E-state index is 14.1. The Labute approximate surface area is 266 Å². The molecule has 7 nitrogen and oxygen atoms in total. The van der Waals surface area contributed by atoms with Crippen LogP contribution >= 0.6 is 23.5 Å². The molecular formula is C35H33N5O2S2. The highest BCUT2D eigenvalue weighted by molar-refractivity contribution is 8.19. The molecule has 0 unspecified atom stereocenters. The minimum Gasteiger partial charge on any atom is -0.384 e. The second-order valence-corrected chi connectivity index (χ2v) is 12.3. The van der Waals surface area contributed by atoms with Crippen molar-refractivity contribution in [2.45, 2.75) is 25.0 Å². The van der Waals surface area contributed by atoms with E-state index in [4.69, 9.17) is 9.83 Å². The van der Waals surface area contributed by atoms with E-state index in [0.717, 1.165) is 44.5 Å². The number of carbonyl (C=O) groups is 1. The number of nitrogens with zero attached hydrogens (tertiary/aromatic N) is 3. The van der Waals surface area contributed by atoms with Crippen LogP contribution in [0.25, 0.3) is 5.70 Å². The van der Waals surface area contributed by atoms with E-state index in [9.17, 15) is 4.79 Å². The quantitative estimate of drug-likeness (QED) is 0.138. The molecule has 0 radical (unpaired) electrons. The van der Waals surface area contributed by atoms with E-state index in [1.807, 2.05) is 105 Å². The van der Waals surface area contributed by atoms with Crippen molar-refractivity contribution in [3.05, 3.63) is 136 Å². The maximum absolute atomic E-state index is 14.1. The summed E-state index contributed by atoms with van der Waals surface area (Å²) in [6.07, 6.45) is 0. The second kappa shape index (κ2) is 13.5. The molecule has 0 atom stereocenters. The lowest BCUT2D eigenvalue weighted by atomic mass is 10.1.